The van der Waals surface area contributed by atoms with Crippen molar-refractivity contribution in [2.75, 3.05) is 6.61 Å². The van der Waals surface area contributed by atoms with Crippen molar-refractivity contribution >= 4 is 11.6 Å². The molecule has 0 bridgehead atoms. The Morgan fingerprint density at radius 3 is 2.67 bits per heavy atom. The van der Waals surface area contributed by atoms with Crippen molar-refractivity contribution in [3.63, 3.8) is 0 Å². The molecule has 2 unspecified atom stereocenters. The molecule has 1 saturated carbocycles. The fraction of sp³-hybridized carbons (Fsp3) is 0.667. The van der Waals surface area contributed by atoms with Crippen molar-refractivity contribution in [1.82, 2.24) is 0 Å². The maximum Gasteiger partial charge on any atom is 0.0912 e. The summed E-state index contributed by atoms with van der Waals surface area (Å²) in [6.07, 6.45) is 7.95. The van der Waals surface area contributed by atoms with E-state index >= 15 is 0 Å². The van der Waals surface area contributed by atoms with Gasteiger partial charge in [-0.2, -0.15) is 0 Å². The fourth-order valence-corrected chi connectivity index (χ4v) is 4.47. The molecule has 1 N–H and O–H groups in total. The van der Waals surface area contributed by atoms with Crippen LogP contribution in [0.4, 0.5) is 0 Å². The molecule has 3 rings (SSSR count). The van der Waals surface area contributed by atoms with Gasteiger partial charge in [0.25, 0.3) is 0 Å². The lowest BCUT2D eigenvalue weighted by Gasteiger charge is -2.47. The zero-order chi connectivity index (χ0) is 14.9. The molecule has 21 heavy (non-hydrogen) atoms. The van der Waals surface area contributed by atoms with Crippen LogP contribution in [0.3, 0.4) is 0 Å². The van der Waals surface area contributed by atoms with Crippen molar-refractivity contribution in [3.05, 3.63) is 34.9 Å². The Bertz CT molecular complexity index is 486. The molecule has 1 spiro atoms. The van der Waals surface area contributed by atoms with Crippen LogP contribution in [0.5, 0.6) is 0 Å². The van der Waals surface area contributed by atoms with Crippen molar-refractivity contribution in [2.45, 2.75) is 63.1 Å². The van der Waals surface area contributed by atoms with Crippen LogP contribution < -0.4 is 0 Å². The summed E-state index contributed by atoms with van der Waals surface area (Å²) in [6, 6.07) is 7.67. The lowest BCUT2D eigenvalue weighted by molar-refractivity contribution is -0.154. The Balaban J connectivity index is 1.83. The molecule has 1 heterocycles. The molecule has 2 nitrogen and oxygen atoms in total. The number of hydrogen-bond acceptors (Lipinski definition) is 2. The molecule has 2 atom stereocenters. The second-order valence-corrected chi connectivity index (χ2v) is 7.32. The number of rotatable bonds is 2. The fourth-order valence-electron chi connectivity index (χ4n) is 4.14. The van der Waals surface area contributed by atoms with E-state index < -0.39 is 5.60 Å². The highest BCUT2D eigenvalue weighted by atomic mass is 35.5. The van der Waals surface area contributed by atoms with Crippen LogP contribution in [-0.2, 0) is 10.3 Å². The van der Waals surface area contributed by atoms with E-state index in [0.717, 1.165) is 37.9 Å². The SMILES string of the molecule is CC(O)(c1ccccc1Cl)C1CCOC2(CCCCC2)C1. The smallest absolute Gasteiger partial charge is 0.0912 e. The van der Waals surface area contributed by atoms with Crippen LogP contribution >= 0.6 is 11.6 Å². The zero-order valence-corrected chi connectivity index (χ0v) is 13.5. The van der Waals surface area contributed by atoms with E-state index in [1.807, 2.05) is 31.2 Å². The van der Waals surface area contributed by atoms with E-state index in [2.05, 4.69) is 0 Å². The van der Waals surface area contributed by atoms with E-state index in [0.29, 0.717) is 5.02 Å². The Morgan fingerprint density at radius 1 is 1.24 bits per heavy atom. The average Bonchev–Trinajstić information content (AvgIpc) is 2.48. The molecule has 0 amide bonds. The number of ether oxygens (including phenoxy) is 1. The van der Waals surface area contributed by atoms with Gasteiger partial charge in [0.15, 0.2) is 0 Å². The van der Waals surface area contributed by atoms with E-state index in [-0.39, 0.29) is 11.5 Å². The van der Waals surface area contributed by atoms with Crippen molar-refractivity contribution in [1.29, 1.82) is 0 Å². The molecule has 1 aromatic carbocycles. The van der Waals surface area contributed by atoms with Crippen molar-refractivity contribution < 1.29 is 9.84 Å². The standard InChI is InChI=1S/C18H25ClO2/c1-17(20,15-7-3-4-8-16(15)19)14-9-12-21-18(13-14)10-5-2-6-11-18/h3-4,7-8,14,20H,2,5-6,9-13H2,1H3. The first-order chi connectivity index (χ1) is 10.0. The molecule has 2 aliphatic rings. The van der Waals surface area contributed by atoms with Gasteiger partial charge in [0, 0.05) is 17.2 Å². The van der Waals surface area contributed by atoms with E-state index in [9.17, 15) is 5.11 Å². The second kappa shape index (κ2) is 5.91. The molecule has 0 radical (unpaired) electrons. The maximum atomic E-state index is 11.2. The third kappa shape index (κ3) is 2.99. The molecule has 1 aliphatic heterocycles. The lowest BCUT2D eigenvalue weighted by Crippen LogP contribution is -2.47. The van der Waals surface area contributed by atoms with Gasteiger partial charge in [-0.15, -0.1) is 0 Å². The summed E-state index contributed by atoms with van der Waals surface area (Å²) in [4.78, 5) is 0. The minimum absolute atomic E-state index is 0.00636. The average molecular weight is 309 g/mol. The molecule has 2 fully saturated rings. The Hall–Kier alpha value is -0.570. The summed E-state index contributed by atoms with van der Waals surface area (Å²) in [5.74, 6) is 0.212. The molecular formula is C18H25ClO2. The summed E-state index contributed by atoms with van der Waals surface area (Å²) >= 11 is 6.31. The zero-order valence-electron chi connectivity index (χ0n) is 12.8. The summed E-state index contributed by atoms with van der Waals surface area (Å²) < 4.78 is 6.15. The topological polar surface area (TPSA) is 29.5 Å². The predicted octanol–water partition coefficient (Wildman–Crippen LogP) is 4.68. The molecule has 0 aromatic heterocycles. The number of aliphatic hydroxyl groups is 1. The minimum atomic E-state index is -0.882. The first-order valence-corrected chi connectivity index (χ1v) is 8.53. The molecule has 3 heteroatoms. The van der Waals surface area contributed by atoms with Gasteiger partial charge in [-0.3, -0.25) is 0 Å². The molecule has 116 valence electrons. The molecular weight excluding hydrogens is 284 g/mol. The summed E-state index contributed by atoms with van der Waals surface area (Å²) in [5.41, 5.74) is -0.0246. The highest BCUT2D eigenvalue weighted by molar-refractivity contribution is 6.31. The monoisotopic (exact) mass is 308 g/mol. The number of hydrogen-bond donors (Lipinski definition) is 1. The van der Waals surface area contributed by atoms with Gasteiger partial charge in [-0.1, -0.05) is 49.1 Å². The minimum Gasteiger partial charge on any atom is -0.385 e. The van der Waals surface area contributed by atoms with Gasteiger partial charge in [0.05, 0.1) is 11.2 Å². The summed E-state index contributed by atoms with van der Waals surface area (Å²) in [7, 11) is 0. The highest BCUT2D eigenvalue weighted by Gasteiger charge is 2.45. The third-order valence-electron chi connectivity index (χ3n) is 5.47. The second-order valence-electron chi connectivity index (χ2n) is 6.91. The molecule has 1 aromatic rings. The van der Waals surface area contributed by atoms with Gasteiger partial charge >= 0.3 is 0 Å². The largest absolute Gasteiger partial charge is 0.385 e. The normalized spacial score (nSPS) is 28.2. The Morgan fingerprint density at radius 2 is 1.95 bits per heavy atom. The van der Waals surface area contributed by atoms with Crippen LogP contribution in [0.15, 0.2) is 24.3 Å². The quantitative estimate of drug-likeness (QED) is 0.859. The molecule has 1 aliphatic carbocycles. The lowest BCUT2D eigenvalue weighted by atomic mass is 9.69. The first-order valence-electron chi connectivity index (χ1n) is 8.15. The summed E-state index contributed by atoms with van der Waals surface area (Å²) in [6.45, 7) is 2.67. The van der Waals surface area contributed by atoms with Crippen LogP contribution in [-0.4, -0.2) is 17.3 Å². The first kappa shape index (κ1) is 15.3. The van der Waals surface area contributed by atoms with Crippen LogP contribution in [0, 0.1) is 5.92 Å². The van der Waals surface area contributed by atoms with E-state index in [4.69, 9.17) is 16.3 Å². The van der Waals surface area contributed by atoms with Crippen LogP contribution in [0.2, 0.25) is 5.02 Å². The van der Waals surface area contributed by atoms with E-state index in [1.54, 1.807) is 0 Å². The van der Waals surface area contributed by atoms with E-state index in [1.165, 1.54) is 19.3 Å². The highest BCUT2D eigenvalue weighted by Crippen LogP contribution is 2.47. The van der Waals surface area contributed by atoms with Crippen molar-refractivity contribution in [2.24, 2.45) is 5.92 Å². The predicted molar refractivity (Wildman–Crippen MR) is 85.5 cm³/mol. The Labute approximate surface area is 132 Å². The molecule has 1 saturated heterocycles. The third-order valence-corrected chi connectivity index (χ3v) is 5.80. The van der Waals surface area contributed by atoms with Gasteiger partial charge in [-0.25, -0.2) is 0 Å². The van der Waals surface area contributed by atoms with Gasteiger partial charge < -0.3 is 9.84 Å². The Kier molecular flexibility index (Phi) is 4.31. The number of benzene rings is 1. The maximum absolute atomic E-state index is 11.2. The summed E-state index contributed by atoms with van der Waals surface area (Å²) in [5, 5.41) is 11.8. The number of halogens is 1. The van der Waals surface area contributed by atoms with Gasteiger partial charge in [-0.05, 0) is 44.6 Å². The van der Waals surface area contributed by atoms with Crippen LogP contribution in [0.25, 0.3) is 0 Å². The van der Waals surface area contributed by atoms with Gasteiger partial charge in [0.1, 0.15) is 0 Å². The van der Waals surface area contributed by atoms with Crippen molar-refractivity contribution in [3.8, 4) is 0 Å². The van der Waals surface area contributed by atoms with Gasteiger partial charge in [0.2, 0.25) is 0 Å². The van der Waals surface area contributed by atoms with Crippen LogP contribution in [0.1, 0.15) is 57.4 Å².